The third-order valence-corrected chi connectivity index (χ3v) is 4.98. The van der Waals surface area contributed by atoms with E-state index in [1.54, 1.807) is 10.6 Å². The normalized spacial score (nSPS) is 10.8. The van der Waals surface area contributed by atoms with Crippen LogP contribution in [0.5, 0.6) is 0 Å². The molecule has 6 heteroatoms. The lowest BCUT2D eigenvalue weighted by atomic mass is 10.2. The molecule has 3 rings (SSSR count). The zero-order valence-electron chi connectivity index (χ0n) is 14.9. The van der Waals surface area contributed by atoms with Crippen LogP contribution in [-0.2, 0) is 11.3 Å². The number of anilines is 1. The number of para-hydroxylation sites is 1. The van der Waals surface area contributed by atoms with Gasteiger partial charge in [-0.25, -0.2) is 4.98 Å². The van der Waals surface area contributed by atoms with Crippen molar-refractivity contribution in [3.8, 4) is 0 Å². The maximum absolute atomic E-state index is 12.6. The van der Waals surface area contributed by atoms with Gasteiger partial charge in [-0.15, -0.1) is 0 Å². The summed E-state index contributed by atoms with van der Waals surface area (Å²) >= 11 is 1.43. The van der Waals surface area contributed by atoms with Gasteiger partial charge in [0.1, 0.15) is 0 Å². The third-order valence-electron chi connectivity index (χ3n) is 4.00. The summed E-state index contributed by atoms with van der Waals surface area (Å²) in [6.07, 6.45) is 0.352. The third kappa shape index (κ3) is 4.14. The highest BCUT2D eigenvalue weighted by molar-refractivity contribution is 7.99. The number of rotatable bonds is 6. The van der Waals surface area contributed by atoms with Crippen LogP contribution >= 0.6 is 11.8 Å². The fourth-order valence-corrected chi connectivity index (χ4v) is 3.72. The molecule has 0 bridgehead atoms. The molecule has 1 heterocycles. The monoisotopic (exact) mass is 367 g/mol. The average Bonchev–Trinajstić information content (AvgIpc) is 2.62. The van der Waals surface area contributed by atoms with E-state index >= 15 is 0 Å². The summed E-state index contributed by atoms with van der Waals surface area (Å²) in [6.45, 7) is 4.46. The van der Waals surface area contributed by atoms with E-state index in [1.807, 2.05) is 56.3 Å². The van der Waals surface area contributed by atoms with Gasteiger partial charge < -0.3 is 5.32 Å². The van der Waals surface area contributed by atoms with Crippen molar-refractivity contribution in [3.63, 3.8) is 0 Å². The van der Waals surface area contributed by atoms with Crippen LogP contribution in [0.2, 0.25) is 0 Å². The molecule has 0 aliphatic rings. The number of hydrogen-bond acceptors (Lipinski definition) is 4. The van der Waals surface area contributed by atoms with E-state index in [2.05, 4.69) is 10.3 Å². The molecule has 0 aliphatic heterocycles. The summed E-state index contributed by atoms with van der Waals surface area (Å²) in [4.78, 5) is 29.3. The van der Waals surface area contributed by atoms with Gasteiger partial charge in [-0.3, -0.25) is 14.2 Å². The molecule has 0 saturated carbocycles. The van der Waals surface area contributed by atoms with Gasteiger partial charge >= 0.3 is 0 Å². The zero-order chi connectivity index (χ0) is 18.5. The Labute approximate surface area is 156 Å². The molecule has 0 fully saturated rings. The van der Waals surface area contributed by atoms with E-state index in [9.17, 15) is 9.59 Å². The van der Waals surface area contributed by atoms with Gasteiger partial charge in [0.2, 0.25) is 5.91 Å². The first-order chi connectivity index (χ1) is 12.6. The molecule has 0 spiro atoms. The van der Waals surface area contributed by atoms with Crippen molar-refractivity contribution in [2.45, 2.75) is 32.0 Å². The highest BCUT2D eigenvalue weighted by Crippen LogP contribution is 2.19. The van der Waals surface area contributed by atoms with Crippen LogP contribution in [0.3, 0.4) is 0 Å². The van der Waals surface area contributed by atoms with Crippen LogP contribution in [0.25, 0.3) is 10.9 Å². The van der Waals surface area contributed by atoms with Crippen molar-refractivity contribution in [1.29, 1.82) is 0 Å². The van der Waals surface area contributed by atoms with E-state index in [4.69, 9.17) is 0 Å². The molecule has 0 unspecified atom stereocenters. The quantitative estimate of drug-likeness (QED) is 0.531. The fourth-order valence-electron chi connectivity index (χ4n) is 2.72. The first kappa shape index (κ1) is 18.2. The van der Waals surface area contributed by atoms with Crippen molar-refractivity contribution in [2.24, 2.45) is 0 Å². The first-order valence-corrected chi connectivity index (χ1v) is 9.56. The molecule has 0 radical (unpaired) electrons. The summed E-state index contributed by atoms with van der Waals surface area (Å²) in [5.41, 5.74) is 2.55. The molecule has 1 N–H and O–H groups in total. The number of nitrogens with one attached hydrogen (secondary N) is 1. The molecule has 26 heavy (non-hydrogen) atoms. The Morgan fingerprint density at radius 2 is 2.00 bits per heavy atom. The van der Waals surface area contributed by atoms with Crippen LogP contribution in [-0.4, -0.2) is 21.2 Å². The van der Waals surface area contributed by atoms with Crippen molar-refractivity contribution in [3.05, 3.63) is 64.4 Å². The highest BCUT2D eigenvalue weighted by Gasteiger charge is 2.11. The highest BCUT2D eigenvalue weighted by atomic mass is 32.2. The number of aryl methyl sites for hydroxylation is 1. The molecule has 1 amide bonds. The maximum atomic E-state index is 12.6. The van der Waals surface area contributed by atoms with Crippen LogP contribution in [0.15, 0.2) is 58.5 Å². The van der Waals surface area contributed by atoms with Gasteiger partial charge in [0, 0.05) is 24.4 Å². The summed E-state index contributed by atoms with van der Waals surface area (Å²) in [6, 6.07) is 15.1. The van der Waals surface area contributed by atoms with Gasteiger partial charge in [-0.2, -0.15) is 0 Å². The number of carbonyl (C=O) groups is 1. The van der Waals surface area contributed by atoms with Crippen molar-refractivity contribution in [1.82, 2.24) is 9.55 Å². The lowest BCUT2D eigenvalue weighted by molar-refractivity contribution is -0.115. The first-order valence-electron chi connectivity index (χ1n) is 8.57. The number of benzene rings is 2. The van der Waals surface area contributed by atoms with E-state index < -0.39 is 0 Å². The molecule has 1 aromatic heterocycles. The molecule has 0 atom stereocenters. The van der Waals surface area contributed by atoms with Gasteiger partial charge in [0.15, 0.2) is 5.16 Å². The molecular weight excluding hydrogens is 346 g/mol. The minimum atomic E-state index is -0.0470. The predicted molar refractivity (Wildman–Crippen MR) is 107 cm³/mol. The summed E-state index contributed by atoms with van der Waals surface area (Å²) in [7, 11) is 0. The standard InChI is InChI=1S/C20H21N3O2S/c1-3-23-19(25)16-9-4-5-10-17(16)22-20(23)26-12-11-18(24)21-15-8-6-7-14(2)13-15/h4-10,13H,3,11-12H2,1-2H3,(H,21,24). The predicted octanol–water partition coefficient (Wildman–Crippen LogP) is 3.85. The second-order valence-corrected chi connectivity index (χ2v) is 7.04. The van der Waals surface area contributed by atoms with Crippen molar-refractivity contribution in [2.75, 3.05) is 11.1 Å². The molecule has 2 aromatic carbocycles. The molecule has 3 aromatic rings. The minimum absolute atomic E-state index is 0.0372. The van der Waals surface area contributed by atoms with Gasteiger partial charge in [0.25, 0.3) is 5.56 Å². The van der Waals surface area contributed by atoms with Crippen LogP contribution in [0.1, 0.15) is 18.9 Å². The molecule has 0 saturated heterocycles. The Hall–Kier alpha value is -2.60. The van der Waals surface area contributed by atoms with Gasteiger partial charge in [-0.1, -0.05) is 36.0 Å². The van der Waals surface area contributed by atoms with Crippen molar-refractivity contribution < 1.29 is 4.79 Å². The zero-order valence-corrected chi connectivity index (χ0v) is 15.7. The largest absolute Gasteiger partial charge is 0.326 e. The Kier molecular flexibility index (Phi) is 5.73. The van der Waals surface area contributed by atoms with Crippen LogP contribution in [0, 0.1) is 6.92 Å². The lowest BCUT2D eigenvalue weighted by Gasteiger charge is -2.11. The Morgan fingerprint density at radius 1 is 1.19 bits per heavy atom. The smallest absolute Gasteiger partial charge is 0.262 e. The topological polar surface area (TPSA) is 64.0 Å². The van der Waals surface area contributed by atoms with Crippen LogP contribution in [0.4, 0.5) is 5.69 Å². The Morgan fingerprint density at radius 3 is 2.77 bits per heavy atom. The van der Waals surface area contributed by atoms with Gasteiger partial charge in [-0.05, 0) is 43.7 Å². The van der Waals surface area contributed by atoms with E-state index in [1.165, 1.54) is 11.8 Å². The number of nitrogens with zero attached hydrogens (tertiary/aromatic N) is 2. The number of hydrogen-bond donors (Lipinski definition) is 1. The van der Waals surface area contributed by atoms with E-state index in [0.29, 0.717) is 34.8 Å². The van der Waals surface area contributed by atoms with Crippen molar-refractivity contribution >= 4 is 34.3 Å². The molecule has 134 valence electrons. The number of thioether (sulfide) groups is 1. The van der Waals surface area contributed by atoms with E-state index in [-0.39, 0.29) is 11.5 Å². The summed E-state index contributed by atoms with van der Waals surface area (Å²) in [5, 5.41) is 4.17. The Bertz CT molecular complexity index is 998. The van der Waals surface area contributed by atoms with E-state index in [0.717, 1.165) is 11.3 Å². The number of aromatic nitrogens is 2. The SMILES string of the molecule is CCn1c(SCCC(=O)Nc2cccc(C)c2)nc2ccccc2c1=O. The number of carbonyl (C=O) groups excluding carboxylic acids is 1. The molecule has 0 aliphatic carbocycles. The summed E-state index contributed by atoms with van der Waals surface area (Å²) < 4.78 is 1.66. The average molecular weight is 367 g/mol. The molecule has 5 nitrogen and oxygen atoms in total. The second-order valence-electron chi connectivity index (χ2n) is 5.98. The Balaban J connectivity index is 1.68. The number of fused-ring (bicyclic) bond motifs is 1. The summed E-state index contributed by atoms with van der Waals surface area (Å²) in [5.74, 6) is 0.511. The van der Waals surface area contributed by atoms with Crippen LogP contribution < -0.4 is 10.9 Å². The molecular formula is C20H21N3O2S. The van der Waals surface area contributed by atoms with Gasteiger partial charge in [0.05, 0.1) is 10.9 Å². The minimum Gasteiger partial charge on any atom is -0.326 e. The second kappa shape index (κ2) is 8.19. The lowest BCUT2D eigenvalue weighted by Crippen LogP contribution is -2.22. The maximum Gasteiger partial charge on any atom is 0.262 e. The fraction of sp³-hybridized carbons (Fsp3) is 0.250. The number of amides is 1.